The number of carbonyl (C=O) groups excluding carboxylic acids is 4. The fourth-order valence-electron chi connectivity index (χ4n) is 17.4. The molecule has 6 fully saturated rings. The Hall–Kier alpha value is -2.56. The lowest BCUT2D eigenvalue weighted by atomic mass is 9.73. The van der Waals surface area contributed by atoms with Gasteiger partial charge in [-0.3, -0.25) is 19.2 Å². The predicted molar refractivity (Wildman–Crippen MR) is 380 cm³/mol. The van der Waals surface area contributed by atoms with Crippen molar-refractivity contribution in [2.24, 2.45) is 53.3 Å². The molecule has 0 saturated carbocycles. The zero-order valence-electron chi connectivity index (χ0n) is 66.9. The summed E-state index contributed by atoms with van der Waals surface area (Å²) < 4.78 is 74.7. The summed E-state index contributed by atoms with van der Waals surface area (Å²) in [6.45, 7) is 34.3. The smallest absolute Gasteiger partial charge is 0.311 e. The minimum atomic E-state index is -1.95. The van der Waals surface area contributed by atoms with Gasteiger partial charge >= 0.3 is 11.9 Å². The number of aliphatic hydroxyl groups excluding tert-OH is 6. The number of cyclic esters (lactones) is 2. The van der Waals surface area contributed by atoms with E-state index in [0.29, 0.717) is 25.7 Å². The zero-order valence-corrected chi connectivity index (χ0v) is 66.9. The van der Waals surface area contributed by atoms with Gasteiger partial charge in [0, 0.05) is 80.6 Å². The molecule has 0 aromatic carbocycles. The Kier molecular flexibility index (Phi) is 33.1. The number of aliphatic hydroxyl groups is 9. The van der Waals surface area contributed by atoms with Crippen molar-refractivity contribution in [2.45, 2.75) is 366 Å². The van der Waals surface area contributed by atoms with Crippen molar-refractivity contribution in [1.82, 2.24) is 9.80 Å². The number of rotatable bonds is 16. The van der Waals surface area contributed by atoms with Gasteiger partial charge in [0.15, 0.2) is 25.2 Å². The van der Waals surface area contributed by atoms with E-state index in [1.54, 1.807) is 96.9 Å². The van der Waals surface area contributed by atoms with E-state index < -0.39 is 210 Å². The van der Waals surface area contributed by atoms with Gasteiger partial charge in [-0.2, -0.15) is 0 Å². The summed E-state index contributed by atoms with van der Waals surface area (Å²) in [6, 6.07) is -0.621. The van der Waals surface area contributed by atoms with Crippen molar-refractivity contribution in [3.63, 3.8) is 0 Å². The number of esters is 2. The van der Waals surface area contributed by atoms with Gasteiger partial charge in [-0.1, -0.05) is 69.2 Å². The van der Waals surface area contributed by atoms with Crippen LogP contribution in [-0.2, 0) is 76.0 Å². The van der Waals surface area contributed by atoms with Crippen molar-refractivity contribution in [3.8, 4) is 0 Å². The first-order valence-corrected chi connectivity index (χ1v) is 38.0. The van der Waals surface area contributed by atoms with Crippen molar-refractivity contribution in [2.75, 3.05) is 42.4 Å². The molecule has 0 aromatic rings. The van der Waals surface area contributed by atoms with E-state index in [-0.39, 0.29) is 68.6 Å². The third-order valence-corrected chi connectivity index (χ3v) is 24.2. The molecule has 0 aliphatic carbocycles. The van der Waals surface area contributed by atoms with Crippen LogP contribution < -0.4 is 0 Å². The van der Waals surface area contributed by atoms with Gasteiger partial charge in [0.1, 0.15) is 53.8 Å². The molecule has 0 bridgehead atoms. The van der Waals surface area contributed by atoms with Crippen LogP contribution >= 0.6 is 0 Å². The summed E-state index contributed by atoms with van der Waals surface area (Å²) in [7, 11) is 10.4. The average molecular weight is 1480 g/mol. The van der Waals surface area contributed by atoms with Crippen LogP contribution in [0.15, 0.2) is 0 Å². The Bertz CT molecular complexity index is 2680. The van der Waals surface area contributed by atoms with E-state index in [1.165, 1.54) is 28.1 Å². The minimum absolute atomic E-state index is 0.00783. The van der Waals surface area contributed by atoms with Crippen LogP contribution in [0.5, 0.6) is 0 Å². The molecular formula is C76H138N2O25. The van der Waals surface area contributed by atoms with Gasteiger partial charge in [-0.25, -0.2) is 0 Å². The number of ketones is 2. The third kappa shape index (κ3) is 20.9. The number of Topliss-reactive ketones (excluding diaryl/α,β-unsaturated/α-hetero) is 2. The minimum Gasteiger partial charge on any atom is -0.462 e. The number of hydrogen-bond acceptors (Lipinski definition) is 27. The molecule has 6 rings (SSSR count). The fraction of sp³-hybridized carbons (Fsp3) is 0.947. The Morgan fingerprint density at radius 3 is 1.18 bits per heavy atom. The van der Waals surface area contributed by atoms with Crippen molar-refractivity contribution in [3.05, 3.63) is 0 Å². The molecule has 602 valence electrons. The number of methoxy groups -OCH3 is 2. The molecule has 6 aliphatic heterocycles. The molecule has 27 nitrogen and oxygen atoms in total. The topological polar surface area (TPSA) is 368 Å². The first-order valence-electron chi connectivity index (χ1n) is 38.0. The second-order valence-electron chi connectivity index (χ2n) is 33.0. The molecule has 9 N–H and O–H groups in total. The fourth-order valence-corrected chi connectivity index (χ4v) is 17.4. The lowest BCUT2D eigenvalue weighted by Crippen LogP contribution is -2.61. The SMILES string of the molecule is CC[C@@H]1[C@H](O)[C@@H](C)C(=O)[C@H](C)C[C@@](C)(O)[C@H](OC2O[C@H](C)C[C@H](N(C)C)[C@H]2O)[C@@H](C)C(OC2C[C@@](C)(OC)[C@@H](O)[C@H](C)O2)[C@@H](C)C(=O)O[C@@H]1CC.CC[C@H]1OC(=O)[C@H](C)C(OC2C[C@@](C)(OC)[C@@H](O)[C@H](C)O2)[C@H](C)[C@@H](OC2O[C@H](C)C[C@H](N(C)C)[C@H]2O)[C@](C)(O)C[C@@H](C)C(=O)[C@H](C)[C@@H](O)[C@@]1(O)CC. The molecular weight excluding hydrogens is 1340 g/mol. The monoisotopic (exact) mass is 1480 g/mol. The number of ether oxygens (including phenoxy) is 12. The van der Waals surface area contributed by atoms with E-state index >= 15 is 0 Å². The first kappa shape index (κ1) is 91.1. The van der Waals surface area contributed by atoms with Crippen LogP contribution in [0.4, 0.5) is 0 Å². The van der Waals surface area contributed by atoms with E-state index in [9.17, 15) is 65.1 Å². The highest BCUT2D eigenvalue weighted by Crippen LogP contribution is 2.45. The standard InChI is InChI=1S/C38H69NO13.C38H69NO12/c1-14-26-38(46,15-2)31(42)21(5)28(40)19(3)17-36(9,45)33(52-35-29(41)25(39(11)12)16-20(4)48-35)22(6)30(23(7)34(44)50-26)51-27-18-37(10,47-13)32(43)24(8)49-27;1-14-25-27(15-2)49-35(44)23(7)32(50-28-18-38(10,46-13)33(43)24(8)48-28)22(6)34(37(9,45)17-19(3)29(40)21(5)30(25)41)51-36-31(42)26(39(11)12)16-20(4)47-36/h19-27,29-33,35,41-43,45-46H,14-18H2,1-13H3;19-28,30-34,36,41-43,45H,14-18H2,1-13H3/t19-,20-,21+,22+,23-,24+,25+,26-,27?,29-,30?,31-,32+,33-,35?,36-,37-,38-;19-,20-,21+,22+,23-,24+,25+,26+,27-,28?,30-,31-,32?,33+,34-,36?,37-,38-/m11/s1. The zero-order chi connectivity index (χ0) is 78.4. The van der Waals surface area contributed by atoms with Crippen molar-refractivity contribution >= 4 is 23.5 Å². The molecule has 6 unspecified atom stereocenters. The number of hydrogen-bond donors (Lipinski definition) is 9. The molecule has 6 aliphatic rings. The number of carbonyl (C=O) groups is 4. The van der Waals surface area contributed by atoms with Crippen LogP contribution in [0.25, 0.3) is 0 Å². The highest BCUT2D eigenvalue weighted by molar-refractivity contribution is 5.84. The van der Waals surface area contributed by atoms with Crippen LogP contribution in [0.1, 0.15) is 203 Å². The highest BCUT2D eigenvalue weighted by atomic mass is 16.7. The van der Waals surface area contributed by atoms with Gasteiger partial charge in [0.05, 0.1) is 95.3 Å². The summed E-state index contributed by atoms with van der Waals surface area (Å²) in [5, 5.41) is 105. The number of likely N-dealkylation sites (N-methyl/N-ethyl adjacent to an activating group) is 2. The Morgan fingerprint density at radius 1 is 0.466 bits per heavy atom. The molecule has 36 atom stereocenters. The van der Waals surface area contributed by atoms with Crippen molar-refractivity contribution < 1.29 is 122 Å². The molecule has 27 heteroatoms. The largest absolute Gasteiger partial charge is 0.462 e. The van der Waals surface area contributed by atoms with E-state index in [0.717, 1.165) is 0 Å². The maximum Gasteiger partial charge on any atom is 0.311 e. The van der Waals surface area contributed by atoms with E-state index in [2.05, 4.69) is 0 Å². The first-order chi connectivity index (χ1) is 47.6. The summed E-state index contributed by atoms with van der Waals surface area (Å²) in [4.78, 5) is 59.9. The molecule has 103 heavy (non-hydrogen) atoms. The Morgan fingerprint density at radius 2 is 0.845 bits per heavy atom. The van der Waals surface area contributed by atoms with Crippen LogP contribution in [-0.4, -0.2) is 285 Å². The van der Waals surface area contributed by atoms with Gasteiger partial charge in [-0.05, 0) is 149 Å². The normalized spacial score (nSPS) is 48.7. The molecule has 0 aromatic heterocycles. The second kappa shape index (κ2) is 37.4. The maximum atomic E-state index is 14.2. The second-order valence-corrected chi connectivity index (χ2v) is 33.0. The summed E-state index contributed by atoms with van der Waals surface area (Å²) >= 11 is 0. The Balaban J connectivity index is 0.000000371. The van der Waals surface area contributed by atoms with Gasteiger partial charge in [-0.15, -0.1) is 0 Å². The Labute approximate surface area is 614 Å². The molecule has 0 radical (unpaired) electrons. The molecule has 6 heterocycles. The predicted octanol–water partition coefficient (Wildman–Crippen LogP) is 5.24. The summed E-state index contributed by atoms with van der Waals surface area (Å²) in [5.41, 5.74) is -7.54. The van der Waals surface area contributed by atoms with Crippen LogP contribution in [0, 0.1) is 53.3 Å². The molecule has 0 amide bonds. The van der Waals surface area contributed by atoms with Gasteiger partial charge in [0.2, 0.25) is 0 Å². The van der Waals surface area contributed by atoms with Crippen molar-refractivity contribution in [1.29, 1.82) is 0 Å². The number of nitrogens with zero attached hydrogens (tertiary/aromatic N) is 2. The van der Waals surface area contributed by atoms with Crippen LogP contribution in [0.3, 0.4) is 0 Å². The highest BCUT2D eigenvalue weighted by Gasteiger charge is 2.57. The molecule has 0 spiro atoms. The van der Waals surface area contributed by atoms with E-state index in [4.69, 9.17) is 56.8 Å². The lowest BCUT2D eigenvalue weighted by Gasteiger charge is -2.49. The maximum absolute atomic E-state index is 14.2. The average Bonchev–Trinajstić information content (AvgIpc) is 0.779. The summed E-state index contributed by atoms with van der Waals surface area (Å²) in [6.07, 6.45) is -17.1. The summed E-state index contributed by atoms with van der Waals surface area (Å²) in [5.74, 6) is -9.46. The lowest BCUT2D eigenvalue weighted by molar-refractivity contribution is -0.318. The van der Waals surface area contributed by atoms with Gasteiger partial charge < -0.3 is 113 Å². The quantitative estimate of drug-likeness (QED) is 0.0892. The van der Waals surface area contributed by atoms with Crippen LogP contribution in [0.2, 0.25) is 0 Å². The third-order valence-electron chi connectivity index (χ3n) is 24.2. The van der Waals surface area contributed by atoms with E-state index in [1.807, 2.05) is 65.7 Å². The molecule has 6 saturated heterocycles. The van der Waals surface area contributed by atoms with Gasteiger partial charge in [0.25, 0.3) is 0 Å².